The highest BCUT2D eigenvalue weighted by atomic mass is 35.5. The number of benzene rings is 2. The van der Waals surface area contributed by atoms with Crippen LogP contribution in [0.5, 0.6) is 0 Å². The first-order chi connectivity index (χ1) is 11.5. The van der Waals surface area contributed by atoms with Gasteiger partial charge in [0.2, 0.25) is 0 Å². The fraction of sp³-hybridized carbons (Fsp3) is 0.316. The summed E-state index contributed by atoms with van der Waals surface area (Å²) in [5.41, 5.74) is 2.93. The maximum Gasteiger partial charge on any atom is 0.251 e. The number of hydrogen-bond donors (Lipinski definition) is 1. The molecule has 0 unspecified atom stereocenters. The summed E-state index contributed by atoms with van der Waals surface area (Å²) in [6, 6.07) is 13.3. The summed E-state index contributed by atoms with van der Waals surface area (Å²) in [6.07, 6.45) is 1.70. The molecule has 0 aliphatic heterocycles. The molecule has 0 saturated carbocycles. The number of amides is 1. The van der Waals surface area contributed by atoms with Gasteiger partial charge in [0.25, 0.3) is 5.91 Å². The van der Waals surface area contributed by atoms with Crippen molar-refractivity contribution in [2.24, 2.45) is 0 Å². The van der Waals surface area contributed by atoms with E-state index < -0.39 is 0 Å². The third-order valence-electron chi connectivity index (χ3n) is 3.76. The summed E-state index contributed by atoms with van der Waals surface area (Å²) >= 11 is 12.1. The van der Waals surface area contributed by atoms with Crippen molar-refractivity contribution in [1.82, 2.24) is 10.2 Å². The Balaban J connectivity index is 1.88. The summed E-state index contributed by atoms with van der Waals surface area (Å²) in [5, 5.41) is 4.25. The Labute approximate surface area is 153 Å². The smallest absolute Gasteiger partial charge is 0.251 e. The second-order valence-electron chi connectivity index (χ2n) is 5.99. The highest BCUT2D eigenvalue weighted by Gasteiger charge is 2.06. The van der Waals surface area contributed by atoms with E-state index in [9.17, 15) is 4.79 Å². The second-order valence-corrected chi connectivity index (χ2v) is 6.84. The van der Waals surface area contributed by atoms with Gasteiger partial charge in [0.15, 0.2) is 0 Å². The van der Waals surface area contributed by atoms with Crippen molar-refractivity contribution in [3.8, 4) is 0 Å². The lowest BCUT2D eigenvalue weighted by molar-refractivity contribution is 0.0951. The average molecular weight is 365 g/mol. The molecular weight excluding hydrogens is 343 g/mol. The number of rotatable bonds is 7. The van der Waals surface area contributed by atoms with Gasteiger partial charge in [-0.05, 0) is 62.3 Å². The molecule has 5 heteroatoms. The van der Waals surface area contributed by atoms with Gasteiger partial charge >= 0.3 is 0 Å². The van der Waals surface area contributed by atoms with E-state index in [-0.39, 0.29) is 5.91 Å². The molecule has 2 aromatic carbocycles. The summed E-state index contributed by atoms with van der Waals surface area (Å²) in [4.78, 5) is 14.1. The Hall–Kier alpha value is -1.55. The molecule has 0 spiro atoms. The standard InChI is InChI=1S/C19H22Cl2N2O/c1-23(2)12-11-22-19(24)16-7-4-14(5-8-16)3-6-15-9-10-17(20)13-18(15)21/h4-5,7-10,13H,3,6,11-12H2,1-2H3,(H,22,24). The van der Waals surface area contributed by atoms with Gasteiger partial charge in [-0.3, -0.25) is 4.79 Å². The van der Waals surface area contributed by atoms with Gasteiger partial charge in [0.1, 0.15) is 0 Å². The predicted octanol–water partition coefficient (Wildman–Crippen LogP) is 4.07. The van der Waals surface area contributed by atoms with Gasteiger partial charge in [-0.25, -0.2) is 0 Å². The first-order valence-corrected chi connectivity index (χ1v) is 8.67. The zero-order valence-electron chi connectivity index (χ0n) is 14.0. The largest absolute Gasteiger partial charge is 0.351 e. The normalized spacial score (nSPS) is 10.9. The minimum Gasteiger partial charge on any atom is -0.351 e. The predicted molar refractivity (Wildman–Crippen MR) is 101 cm³/mol. The van der Waals surface area contributed by atoms with E-state index in [4.69, 9.17) is 23.2 Å². The summed E-state index contributed by atoms with van der Waals surface area (Å²) in [5.74, 6) is -0.0378. The number of nitrogens with one attached hydrogen (secondary N) is 1. The number of likely N-dealkylation sites (N-methyl/N-ethyl adjacent to an activating group) is 1. The molecule has 1 amide bonds. The molecule has 128 valence electrons. The SMILES string of the molecule is CN(C)CCNC(=O)c1ccc(CCc2ccc(Cl)cc2Cl)cc1. The third-order valence-corrected chi connectivity index (χ3v) is 4.35. The zero-order chi connectivity index (χ0) is 17.5. The Morgan fingerprint density at radius 1 is 1.04 bits per heavy atom. The second kappa shape index (κ2) is 9.07. The number of halogens is 2. The van der Waals surface area contributed by atoms with E-state index in [1.54, 1.807) is 6.07 Å². The molecule has 0 aliphatic rings. The molecule has 0 aromatic heterocycles. The van der Waals surface area contributed by atoms with E-state index in [0.29, 0.717) is 22.2 Å². The molecule has 1 N–H and O–H groups in total. The molecule has 2 rings (SSSR count). The summed E-state index contributed by atoms with van der Waals surface area (Å²) < 4.78 is 0. The van der Waals surface area contributed by atoms with Crippen LogP contribution in [0.1, 0.15) is 21.5 Å². The molecule has 0 fully saturated rings. The van der Waals surface area contributed by atoms with Crippen molar-refractivity contribution in [1.29, 1.82) is 0 Å². The van der Waals surface area contributed by atoms with Crippen LogP contribution < -0.4 is 5.32 Å². The summed E-state index contributed by atoms with van der Waals surface area (Å²) in [7, 11) is 3.96. The minimum atomic E-state index is -0.0378. The number of hydrogen-bond acceptors (Lipinski definition) is 2. The van der Waals surface area contributed by atoms with Crippen molar-refractivity contribution >= 4 is 29.1 Å². The van der Waals surface area contributed by atoms with Crippen LogP contribution in [0, 0.1) is 0 Å². The van der Waals surface area contributed by atoms with Crippen LogP contribution in [-0.4, -0.2) is 38.0 Å². The molecule has 0 atom stereocenters. The highest BCUT2D eigenvalue weighted by molar-refractivity contribution is 6.35. The average Bonchev–Trinajstić information content (AvgIpc) is 2.54. The monoisotopic (exact) mass is 364 g/mol. The quantitative estimate of drug-likeness (QED) is 0.802. The van der Waals surface area contributed by atoms with Crippen LogP contribution in [0.25, 0.3) is 0 Å². The van der Waals surface area contributed by atoms with Gasteiger partial charge in [0, 0.05) is 28.7 Å². The molecule has 24 heavy (non-hydrogen) atoms. The van der Waals surface area contributed by atoms with Crippen LogP contribution in [0.3, 0.4) is 0 Å². The number of nitrogens with zero attached hydrogens (tertiary/aromatic N) is 1. The lowest BCUT2D eigenvalue weighted by Gasteiger charge is -2.10. The van der Waals surface area contributed by atoms with Crippen molar-refractivity contribution < 1.29 is 4.79 Å². The van der Waals surface area contributed by atoms with Crippen LogP contribution >= 0.6 is 23.2 Å². The van der Waals surface area contributed by atoms with Gasteiger partial charge in [-0.15, -0.1) is 0 Å². The Kier molecular flexibility index (Phi) is 7.10. The van der Waals surface area contributed by atoms with E-state index in [1.807, 2.05) is 55.4 Å². The first-order valence-electron chi connectivity index (χ1n) is 7.91. The molecular formula is C19H22Cl2N2O. The van der Waals surface area contributed by atoms with Crippen LogP contribution in [-0.2, 0) is 12.8 Å². The van der Waals surface area contributed by atoms with Gasteiger partial charge < -0.3 is 10.2 Å². The molecule has 3 nitrogen and oxygen atoms in total. The van der Waals surface area contributed by atoms with Gasteiger partial charge in [-0.1, -0.05) is 41.4 Å². The van der Waals surface area contributed by atoms with Crippen molar-refractivity contribution in [3.05, 3.63) is 69.2 Å². The maximum atomic E-state index is 12.0. The number of carbonyl (C=O) groups excluding carboxylic acids is 1. The minimum absolute atomic E-state index is 0.0378. The summed E-state index contributed by atoms with van der Waals surface area (Å²) in [6.45, 7) is 1.47. The van der Waals surface area contributed by atoms with Crippen LogP contribution in [0.15, 0.2) is 42.5 Å². The lowest BCUT2D eigenvalue weighted by Crippen LogP contribution is -2.31. The number of carbonyl (C=O) groups is 1. The molecule has 0 bridgehead atoms. The maximum absolute atomic E-state index is 12.0. The van der Waals surface area contributed by atoms with E-state index >= 15 is 0 Å². The third kappa shape index (κ3) is 5.82. The van der Waals surface area contributed by atoms with Crippen molar-refractivity contribution in [3.63, 3.8) is 0 Å². The molecule has 2 aromatic rings. The van der Waals surface area contributed by atoms with E-state index in [0.717, 1.165) is 24.9 Å². The van der Waals surface area contributed by atoms with Crippen molar-refractivity contribution in [2.45, 2.75) is 12.8 Å². The Morgan fingerprint density at radius 2 is 1.75 bits per heavy atom. The van der Waals surface area contributed by atoms with E-state index in [2.05, 4.69) is 5.32 Å². The zero-order valence-corrected chi connectivity index (χ0v) is 15.5. The highest BCUT2D eigenvalue weighted by Crippen LogP contribution is 2.22. The van der Waals surface area contributed by atoms with Crippen LogP contribution in [0.4, 0.5) is 0 Å². The molecule has 0 saturated heterocycles. The Bertz CT molecular complexity index is 684. The van der Waals surface area contributed by atoms with E-state index in [1.165, 1.54) is 5.56 Å². The fourth-order valence-corrected chi connectivity index (χ4v) is 2.82. The first kappa shape index (κ1) is 18.8. The number of aryl methyl sites for hydroxylation is 2. The molecule has 0 aliphatic carbocycles. The Morgan fingerprint density at radius 3 is 2.38 bits per heavy atom. The van der Waals surface area contributed by atoms with Gasteiger partial charge in [-0.2, -0.15) is 0 Å². The van der Waals surface area contributed by atoms with Crippen molar-refractivity contribution in [2.75, 3.05) is 27.2 Å². The van der Waals surface area contributed by atoms with Gasteiger partial charge in [0.05, 0.1) is 0 Å². The molecule has 0 radical (unpaired) electrons. The van der Waals surface area contributed by atoms with Crippen LogP contribution in [0.2, 0.25) is 10.0 Å². The molecule has 0 heterocycles. The fourth-order valence-electron chi connectivity index (χ4n) is 2.32. The topological polar surface area (TPSA) is 32.3 Å². The lowest BCUT2D eigenvalue weighted by atomic mass is 10.0.